The van der Waals surface area contributed by atoms with Crippen LogP contribution in [0.2, 0.25) is 0 Å². The molecule has 1 aromatic carbocycles. The fourth-order valence-corrected chi connectivity index (χ4v) is 2.73. The van der Waals surface area contributed by atoms with Crippen molar-refractivity contribution in [2.45, 2.75) is 25.7 Å². The average Bonchev–Trinajstić information content (AvgIpc) is 2.46. The Bertz CT molecular complexity index is 485. The first kappa shape index (κ1) is 28.2. The molecule has 2 N–H and O–H groups in total. The normalized spacial score (nSPS) is 14.8. The summed E-state index contributed by atoms with van der Waals surface area (Å²) in [5.41, 5.74) is 0.329. The summed E-state index contributed by atoms with van der Waals surface area (Å²) in [6, 6.07) is 9.79. The van der Waals surface area contributed by atoms with Crippen LogP contribution in [0.4, 0.5) is 4.79 Å². The second-order valence-electron chi connectivity index (χ2n) is 5.34. The van der Waals surface area contributed by atoms with Crippen molar-refractivity contribution in [3.8, 4) is 0 Å². The molecule has 1 aromatic rings. The maximum atomic E-state index is 11.6. The van der Waals surface area contributed by atoms with Crippen molar-refractivity contribution in [1.29, 1.82) is 0 Å². The van der Waals surface area contributed by atoms with E-state index in [9.17, 15) is 14.7 Å². The van der Waals surface area contributed by atoms with Crippen molar-refractivity contribution in [2.75, 3.05) is 13.1 Å². The number of carbonyl (C=O) groups is 2. The van der Waals surface area contributed by atoms with Gasteiger partial charge in [0.1, 0.15) is 0 Å². The van der Waals surface area contributed by atoms with Crippen molar-refractivity contribution >= 4 is 12.1 Å². The number of hydrogen-bond acceptors (Lipinski definition) is 2. The SMILES string of the molecule is O=C(O)N1CCC(CCc2ccccc2)(C(=O)O)CC1.[CH3-].[CH3-].[CH3-].[Ce+3]. The number of aliphatic carboxylic acids is 1. The van der Waals surface area contributed by atoms with E-state index in [0.717, 1.165) is 5.56 Å². The van der Waals surface area contributed by atoms with E-state index in [4.69, 9.17) is 5.11 Å². The molecule has 1 aliphatic heterocycles. The van der Waals surface area contributed by atoms with Gasteiger partial charge in [-0.1, -0.05) is 30.3 Å². The molecule has 0 aliphatic carbocycles. The van der Waals surface area contributed by atoms with Crippen LogP contribution in [-0.2, 0) is 11.2 Å². The molecule has 1 aliphatic rings. The third-order valence-electron chi connectivity index (χ3n) is 4.18. The van der Waals surface area contributed by atoms with Crippen LogP contribution < -0.4 is 0 Å². The van der Waals surface area contributed by atoms with Gasteiger partial charge in [0.25, 0.3) is 0 Å². The summed E-state index contributed by atoms with van der Waals surface area (Å²) in [4.78, 5) is 23.8. The summed E-state index contributed by atoms with van der Waals surface area (Å²) in [6.45, 7) is 0.604. The maximum absolute atomic E-state index is 11.6. The molecule has 0 atom stereocenters. The van der Waals surface area contributed by atoms with E-state index < -0.39 is 17.5 Å². The van der Waals surface area contributed by atoms with Crippen LogP contribution in [0.15, 0.2) is 30.3 Å². The fourth-order valence-electron chi connectivity index (χ4n) is 2.73. The molecule has 1 fully saturated rings. The Hall–Kier alpha value is -0.663. The van der Waals surface area contributed by atoms with Gasteiger partial charge in [0.15, 0.2) is 0 Å². The molecule has 0 spiro atoms. The predicted molar refractivity (Wildman–Crippen MR) is 92.9 cm³/mol. The zero-order valence-corrected chi connectivity index (χ0v) is 17.9. The van der Waals surface area contributed by atoms with Gasteiger partial charge >= 0.3 is 53.8 Å². The van der Waals surface area contributed by atoms with Gasteiger partial charge in [-0.2, -0.15) is 0 Å². The zero-order valence-electron chi connectivity index (χ0n) is 14.8. The largest absolute Gasteiger partial charge is 3.00 e. The Balaban J connectivity index is -0.00000110. The van der Waals surface area contributed by atoms with Crippen molar-refractivity contribution in [2.24, 2.45) is 5.41 Å². The molecule has 1 saturated heterocycles. The molecule has 1 heterocycles. The third-order valence-corrected chi connectivity index (χ3v) is 4.18. The minimum absolute atomic E-state index is 0. The van der Waals surface area contributed by atoms with E-state index in [-0.39, 0.29) is 64.0 Å². The van der Waals surface area contributed by atoms with Gasteiger partial charge in [-0.3, -0.25) is 4.79 Å². The minimum atomic E-state index is -0.966. The first-order chi connectivity index (χ1) is 9.53. The summed E-state index contributed by atoms with van der Waals surface area (Å²) in [6.07, 6.45) is 1.08. The van der Waals surface area contributed by atoms with Gasteiger partial charge in [0, 0.05) is 13.1 Å². The second-order valence-corrected chi connectivity index (χ2v) is 5.34. The van der Waals surface area contributed by atoms with Crippen LogP contribution in [-0.4, -0.2) is 40.3 Å². The second kappa shape index (κ2) is 12.7. The Morgan fingerprint density at radius 1 is 1.00 bits per heavy atom. The Morgan fingerprint density at radius 2 is 1.50 bits per heavy atom. The van der Waals surface area contributed by atoms with Gasteiger partial charge in [-0.05, 0) is 31.2 Å². The van der Waals surface area contributed by atoms with E-state index in [1.807, 2.05) is 30.3 Å². The molecule has 0 bridgehead atoms. The minimum Gasteiger partial charge on any atom is -0.481 e. The smallest absolute Gasteiger partial charge is 0.481 e. The number of rotatable bonds is 4. The van der Waals surface area contributed by atoms with E-state index in [1.165, 1.54) is 4.90 Å². The fraction of sp³-hybridized carbons (Fsp3) is 0.389. The maximum Gasteiger partial charge on any atom is 3.00 e. The Labute approximate surface area is 179 Å². The van der Waals surface area contributed by atoms with E-state index in [2.05, 4.69) is 0 Å². The van der Waals surface area contributed by atoms with Gasteiger partial charge in [-0.15, -0.1) is 0 Å². The van der Waals surface area contributed by atoms with Gasteiger partial charge in [0.05, 0.1) is 5.41 Å². The topological polar surface area (TPSA) is 77.8 Å². The zero-order chi connectivity index (χ0) is 14.6. The first-order valence-electron chi connectivity index (χ1n) is 6.79. The Morgan fingerprint density at radius 3 is 1.92 bits per heavy atom. The number of aryl methyl sites for hydroxylation is 1. The number of nitrogens with zero attached hydrogens (tertiary/aromatic N) is 1. The van der Waals surface area contributed by atoms with E-state index in [1.54, 1.807) is 0 Å². The van der Waals surface area contributed by atoms with Crippen LogP contribution in [0.25, 0.3) is 0 Å². The summed E-state index contributed by atoms with van der Waals surface area (Å²) < 4.78 is 0. The molecule has 24 heavy (non-hydrogen) atoms. The van der Waals surface area contributed by atoms with E-state index in [0.29, 0.717) is 38.8 Å². The molecule has 6 heteroatoms. The van der Waals surface area contributed by atoms with Crippen LogP contribution in [0.1, 0.15) is 24.8 Å². The van der Waals surface area contributed by atoms with E-state index >= 15 is 0 Å². The molecular weight excluding hydrogens is 434 g/mol. The molecule has 0 unspecified atom stereocenters. The number of piperidine rings is 1. The number of likely N-dealkylation sites (tertiary alicyclic amines) is 1. The third kappa shape index (κ3) is 7.07. The van der Waals surface area contributed by atoms with Crippen molar-refractivity contribution in [3.05, 3.63) is 58.2 Å². The molecule has 0 saturated carbocycles. The Kier molecular flexibility index (Phi) is 14.9. The van der Waals surface area contributed by atoms with Crippen LogP contribution >= 0.6 is 0 Å². The number of hydrogen-bond donors (Lipinski definition) is 2. The number of carboxylic acids is 1. The summed E-state index contributed by atoms with van der Waals surface area (Å²) in [5, 5.41) is 18.5. The summed E-state index contributed by atoms with van der Waals surface area (Å²) in [7, 11) is 0. The number of benzene rings is 1. The van der Waals surface area contributed by atoms with Gasteiger partial charge in [0.2, 0.25) is 0 Å². The average molecular weight is 463 g/mol. The first-order valence-corrected chi connectivity index (χ1v) is 6.79. The molecule has 1 amide bonds. The van der Waals surface area contributed by atoms with Crippen molar-refractivity contribution in [3.63, 3.8) is 0 Å². The summed E-state index contributed by atoms with van der Waals surface area (Å²) in [5.74, 6) is -0.807. The van der Waals surface area contributed by atoms with Gasteiger partial charge < -0.3 is 37.4 Å². The molecule has 1 radical (unpaired) electrons. The molecular formula is C18H28CeNO4. The number of carboxylic acid groups (broad SMARTS) is 2. The van der Waals surface area contributed by atoms with Crippen LogP contribution in [0.3, 0.4) is 0 Å². The molecule has 133 valence electrons. The van der Waals surface area contributed by atoms with Crippen molar-refractivity contribution in [1.82, 2.24) is 4.90 Å². The molecule has 0 aromatic heterocycles. The van der Waals surface area contributed by atoms with Crippen LogP contribution in [0, 0.1) is 69.4 Å². The monoisotopic (exact) mass is 462 g/mol. The molecule has 2 rings (SSSR count). The van der Waals surface area contributed by atoms with Gasteiger partial charge in [-0.25, -0.2) is 4.79 Å². The van der Waals surface area contributed by atoms with Crippen LogP contribution in [0.5, 0.6) is 0 Å². The summed E-state index contributed by atoms with van der Waals surface area (Å²) >= 11 is 0. The quantitative estimate of drug-likeness (QED) is 0.667. The number of amides is 1. The standard InChI is InChI=1S/C15H19NO4.3CH3.Ce/c17-13(18)15(7-6-12-4-2-1-3-5-12)8-10-16(11-9-15)14(19)20;;;;/h1-5H,6-11H2,(H,17,18)(H,19,20);3*1H3;/q;3*-1;+3. The van der Waals surface area contributed by atoms with Crippen molar-refractivity contribution < 1.29 is 61.5 Å². The molecule has 5 nitrogen and oxygen atoms in total. The predicted octanol–water partition coefficient (Wildman–Crippen LogP) is 3.81.